The normalized spacial score (nSPS) is 15.5. The van der Waals surface area contributed by atoms with Gasteiger partial charge in [0.2, 0.25) is 0 Å². The van der Waals surface area contributed by atoms with Crippen LogP contribution >= 0.6 is 0 Å². The summed E-state index contributed by atoms with van der Waals surface area (Å²) in [6.45, 7) is 4.99. The highest BCUT2D eigenvalue weighted by atomic mass is 16.5. The first kappa shape index (κ1) is 22.3. The number of aliphatic hydroxyl groups is 1. The van der Waals surface area contributed by atoms with Crippen LogP contribution in [-0.2, 0) is 6.54 Å². The van der Waals surface area contributed by atoms with E-state index in [1.807, 2.05) is 30.3 Å². The van der Waals surface area contributed by atoms with Gasteiger partial charge in [-0.25, -0.2) is 0 Å². The van der Waals surface area contributed by atoms with Crippen molar-refractivity contribution in [1.29, 1.82) is 0 Å². The molecule has 7 nitrogen and oxygen atoms in total. The molecule has 0 amide bonds. The largest absolute Gasteiger partial charge is 0.493 e. The van der Waals surface area contributed by atoms with Gasteiger partial charge in [-0.05, 0) is 55.8 Å². The van der Waals surface area contributed by atoms with E-state index in [1.165, 1.54) is 19.3 Å². The lowest BCUT2D eigenvalue weighted by Gasteiger charge is -2.28. The maximum absolute atomic E-state index is 10.4. The molecule has 0 bridgehead atoms. The highest BCUT2D eigenvalue weighted by molar-refractivity contribution is 5.43. The van der Waals surface area contributed by atoms with Crippen molar-refractivity contribution >= 4 is 0 Å². The lowest BCUT2D eigenvalue weighted by atomic mass is 10.1. The quantitative estimate of drug-likeness (QED) is 0.516. The van der Waals surface area contributed by atoms with Gasteiger partial charge in [-0.2, -0.15) is 0 Å². The van der Waals surface area contributed by atoms with Crippen LogP contribution in [0.4, 0.5) is 0 Å². The number of likely N-dealkylation sites (tertiary alicyclic amines) is 1. The van der Waals surface area contributed by atoms with E-state index in [0.29, 0.717) is 37.7 Å². The van der Waals surface area contributed by atoms with Crippen LogP contribution in [0, 0.1) is 0 Å². The van der Waals surface area contributed by atoms with Gasteiger partial charge in [0.15, 0.2) is 11.5 Å². The van der Waals surface area contributed by atoms with Gasteiger partial charge in [-0.3, -0.25) is 4.98 Å². The Bertz CT molecular complexity index is 738. The molecule has 1 aliphatic heterocycles. The molecule has 1 aliphatic rings. The third-order valence-corrected chi connectivity index (χ3v) is 5.09. The fourth-order valence-corrected chi connectivity index (χ4v) is 3.53. The smallest absolute Gasteiger partial charge is 0.161 e. The first-order valence-electron chi connectivity index (χ1n) is 10.7. The number of pyridine rings is 1. The Morgan fingerprint density at radius 2 is 2.00 bits per heavy atom. The van der Waals surface area contributed by atoms with Crippen LogP contribution in [-0.4, -0.2) is 67.6 Å². The first-order valence-corrected chi connectivity index (χ1v) is 10.7. The summed E-state index contributed by atoms with van der Waals surface area (Å²) >= 11 is 0. The average molecular weight is 416 g/mol. The SMILES string of the molecule is COc1ccc(CNCCOc2cccnc2)cc1OCC(O)CN1CCCCC1. The molecule has 0 aliphatic carbocycles. The number of hydrogen-bond donors (Lipinski definition) is 2. The van der Waals surface area contributed by atoms with Crippen LogP contribution < -0.4 is 19.5 Å². The fourth-order valence-electron chi connectivity index (χ4n) is 3.53. The number of β-amino-alcohol motifs (C(OH)–C–C–N with tert-alkyl or cyclic N) is 1. The Morgan fingerprint density at radius 1 is 1.13 bits per heavy atom. The molecule has 1 aromatic carbocycles. The number of aliphatic hydroxyl groups excluding tert-OH is 1. The van der Waals surface area contributed by atoms with Gasteiger partial charge in [0.05, 0.1) is 13.3 Å². The molecule has 164 valence electrons. The Kier molecular flexibility index (Phi) is 9.21. The lowest BCUT2D eigenvalue weighted by Crippen LogP contribution is -2.38. The van der Waals surface area contributed by atoms with Crippen LogP contribution in [0.5, 0.6) is 17.2 Å². The van der Waals surface area contributed by atoms with Gasteiger partial charge in [0, 0.05) is 25.8 Å². The lowest BCUT2D eigenvalue weighted by molar-refractivity contribution is 0.0608. The summed E-state index contributed by atoms with van der Waals surface area (Å²) in [6, 6.07) is 9.60. The third-order valence-electron chi connectivity index (χ3n) is 5.09. The number of aromatic nitrogens is 1. The maximum Gasteiger partial charge on any atom is 0.161 e. The van der Waals surface area contributed by atoms with E-state index in [-0.39, 0.29) is 6.61 Å². The van der Waals surface area contributed by atoms with Crippen molar-refractivity contribution in [3.63, 3.8) is 0 Å². The Balaban J connectivity index is 1.42. The molecule has 7 heteroatoms. The van der Waals surface area contributed by atoms with Crippen molar-refractivity contribution in [1.82, 2.24) is 15.2 Å². The number of hydrogen-bond acceptors (Lipinski definition) is 7. The van der Waals surface area contributed by atoms with Crippen LogP contribution in [0.3, 0.4) is 0 Å². The van der Waals surface area contributed by atoms with Crippen molar-refractivity contribution in [2.24, 2.45) is 0 Å². The number of piperidine rings is 1. The monoisotopic (exact) mass is 415 g/mol. The van der Waals surface area contributed by atoms with Gasteiger partial charge >= 0.3 is 0 Å². The Hall–Kier alpha value is -2.35. The van der Waals surface area contributed by atoms with Crippen molar-refractivity contribution in [3.05, 3.63) is 48.3 Å². The molecule has 0 spiro atoms. The zero-order valence-electron chi connectivity index (χ0n) is 17.8. The summed E-state index contributed by atoms with van der Waals surface area (Å²) in [5.41, 5.74) is 1.08. The van der Waals surface area contributed by atoms with Gasteiger partial charge in [-0.1, -0.05) is 12.5 Å². The van der Waals surface area contributed by atoms with E-state index in [2.05, 4.69) is 15.2 Å². The molecule has 1 aromatic heterocycles. The molecule has 2 aromatic rings. The number of nitrogens with one attached hydrogen (secondary N) is 1. The van der Waals surface area contributed by atoms with Crippen molar-refractivity contribution in [2.45, 2.75) is 31.9 Å². The van der Waals surface area contributed by atoms with Crippen LogP contribution in [0.2, 0.25) is 0 Å². The van der Waals surface area contributed by atoms with Crippen LogP contribution in [0.25, 0.3) is 0 Å². The fraction of sp³-hybridized carbons (Fsp3) is 0.522. The molecular weight excluding hydrogens is 382 g/mol. The molecule has 1 fully saturated rings. The van der Waals surface area contributed by atoms with E-state index in [1.54, 1.807) is 19.5 Å². The minimum Gasteiger partial charge on any atom is -0.493 e. The predicted molar refractivity (Wildman–Crippen MR) is 116 cm³/mol. The molecule has 2 N–H and O–H groups in total. The van der Waals surface area contributed by atoms with Crippen molar-refractivity contribution in [3.8, 4) is 17.2 Å². The highest BCUT2D eigenvalue weighted by Gasteiger charge is 2.16. The zero-order valence-corrected chi connectivity index (χ0v) is 17.8. The maximum atomic E-state index is 10.4. The van der Waals surface area contributed by atoms with E-state index in [4.69, 9.17) is 14.2 Å². The summed E-state index contributed by atoms with van der Waals surface area (Å²) in [7, 11) is 1.63. The Labute approximate surface area is 179 Å². The van der Waals surface area contributed by atoms with Gasteiger partial charge in [-0.15, -0.1) is 0 Å². The van der Waals surface area contributed by atoms with E-state index in [9.17, 15) is 5.11 Å². The van der Waals surface area contributed by atoms with Crippen molar-refractivity contribution in [2.75, 3.05) is 46.5 Å². The third kappa shape index (κ3) is 7.48. The minimum atomic E-state index is -0.515. The molecule has 30 heavy (non-hydrogen) atoms. The summed E-state index contributed by atoms with van der Waals surface area (Å²) in [5, 5.41) is 13.7. The summed E-state index contributed by atoms with van der Waals surface area (Å²) in [4.78, 5) is 6.34. The standard InChI is InChI=1S/C23H33N3O4/c1-28-22-8-7-19(15-25-10-13-29-21-6-5-9-24-16-21)14-23(22)30-18-20(27)17-26-11-3-2-4-12-26/h5-9,14,16,20,25,27H,2-4,10-13,15,17-18H2,1H3. The number of ether oxygens (including phenoxy) is 3. The minimum absolute atomic E-state index is 0.253. The number of rotatable bonds is 12. The van der Waals surface area contributed by atoms with Crippen LogP contribution in [0.15, 0.2) is 42.7 Å². The number of nitrogens with zero attached hydrogens (tertiary/aromatic N) is 2. The van der Waals surface area contributed by atoms with Crippen LogP contribution in [0.1, 0.15) is 24.8 Å². The Morgan fingerprint density at radius 3 is 2.77 bits per heavy atom. The van der Waals surface area contributed by atoms with E-state index >= 15 is 0 Å². The predicted octanol–water partition coefficient (Wildman–Crippen LogP) is 2.48. The molecule has 1 atom stereocenters. The van der Waals surface area contributed by atoms with E-state index < -0.39 is 6.10 Å². The second-order valence-corrected chi connectivity index (χ2v) is 7.53. The average Bonchev–Trinajstić information content (AvgIpc) is 2.79. The molecular formula is C23H33N3O4. The summed E-state index contributed by atoms with van der Waals surface area (Å²) in [6.07, 6.45) is 6.62. The van der Waals surface area contributed by atoms with Gasteiger partial charge < -0.3 is 29.5 Å². The molecule has 1 unspecified atom stereocenters. The van der Waals surface area contributed by atoms with Gasteiger partial charge in [0.25, 0.3) is 0 Å². The molecule has 1 saturated heterocycles. The molecule has 2 heterocycles. The van der Waals surface area contributed by atoms with E-state index in [0.717, 1.165) is 24.4 Å². The van der Waals surface area contributed by atoms with Crippen molar-refractivity contribution < 1.29 is 19.3 Å². The van der Waals surface area contributed by atoms with Gasteiger partial charge in [0.1, 0.15) is 25.1 Å². The molecule has 0 saturated carbocycles. The summed E-state index contributed by atoms with van der Waals surface area (Å²) in [5.74, 6) is 2.09. The first-order chi connectivity index (χ1) is 14.7. The molecule has 3 rings (SSSR count). The second kappa shape index (κ2) is 12.4. The second-order valence-electron chi connectivity index (χ2n) is 7.53. The number of benzene rings is 1. The highest BCUT2D eigenvalue weighted by Crippen LogP contribution is 2.28. The topological polar surface area (TPSA) is 76.1 Å². The zero-order chi connectivity index (χ0) is 21.0. The summed E-state index contributed by atoms with van der Waals surface area (Å²) < 4.78 is 16.9. The molecule has 0 radical (unpaired) electrons. The number of methoxy groups -OCH3 is 1.